The minimum atomic E-state index is -0.923. The van der Waals surface area contributed by atoms with Crippen LogP contribution in [0.4, 0.5) is 0 Å². The van der Waals surface area contributed by atoms with E-state index in [2.05, 4.69) is 0 Å². The molecule has 3 nitrogen and oxygen atoms in total. The molecule has 0 saturated carbocycles. The first-order valence-electron chi connectivity index (χ1n) is 6.14. The van der Waals surface area contributed by atoms with Crippen LogP contribution in [0.1, 0.15) is 13.8 Å². The molecule has 19 heavy (non-hydrogen) atoms. The molecule has 0 amide bonds. The summed E-state index contributed by atoms with van der Waals surface area (Å²) in [5.74, 6) is -0.159. The van der Waals surface area contributed by atoms with E-state index in [0.717, 1.165) is 16.5 Å². The van der Waals surface area contributed by atoms with Gasteiger partial charge >= 0.3 is 5.97 Å². The highest BCUT2D eigenvalue weighted by atomic mass is 16.5. The largest absolute Gasteiger partial charge is 0.486 e. The molecule has 0 bridgehead atoms. The second-order valence-electron chi connectivity index (χ2n) is 4.46. The molecule has 2 rings (SSSR count). The van der Waals surface area contributed by atoms with Crippen molar-refractivity contribution in [2.75, 3.05) is 0 Å². The van der Waals surface area contributed by atoms with Crippen molar-refractivity contribution in [3.05, 3.63) is 54.1 Å². The van der Waals surface area contributed by atoms with Gasteiger partial charge in [-0.25, -0.2) is 4.79 Å². The van der Waals surface area contributed by atoms with E-state index in [0.29, 0.717) is 0 Å². The first-order valence-corrected chi connectivity index (χ1v) is 6.14. The van der Waals surface area contributed by atoms with Crippen LogP contribution in [0.5, 0.6) is 5.75 Å². The molecule has 0 aliphatic heterocycles. The topological polar surface area (TPSA) is 46.5 Å². The van der Waals surface area contributed by atoms with Gasteiger partial charge in [0, 0.05) is 11.0 Å². The zero-order valence-electron chi connectivity index (χ0n) is 11.0. The normalized spacial score (nSPS) is 13.3. The maximum absolute atomic E-state index is 10.8. The van der Waals surface area contributed by atoms with E-state index in [1.165, 1.54) is 0 Å². The van der Waals surface area contributed by atoms with Gasteiger partial charge in [0.05, 0.1) is 0 Å². The number of rotatable bonds is 4. The summed E-state index contributed by atoms with van der Waals surface area (Å²) >= 11 is 0. The Labute approximate surface area is 112 Å². The molecule has 0 aliphatic rings. The number of hydrogen-bond donors (Lipinski definition) is 1. The minimum absolute atomic E-state index is 0.285. The Hall–Kier alpha value is -2.29. The molecule has 1 unspecified atom stereocenters. The summed E-state index contributed by atoms with van der Waals surface area (Å²) in [6.45, 7) is 3.39. The third kappa shape index (κ3) is 3.13. The molecule has 0 heterocycles. The highest BCUT2D eigenvalue weighted by Gasteiger charge is 2.07. The van der Waals surface area contributed by atoms with Crippen molar-refractivity contribution in [2.24, 2.45) is 0 Å². The van der Waals surface area contributed by atoms with Crippen LogP contribution in [0.3, 0.4) is 0 Å². The zero-order valence-corrected chi connectivity index (χ0v) is 11.0. The van der Waals surface area contributed by atoms with Gasteiger partial charge in [-0.15, -0.1) is 0 Å². The predicted octanol–water partition coefficient (Wildman–Crippen LogP) is 3.64. The zero-order chi connectivity index (χ0) is 13.8. The van der Waals surface area contributed by atoms with Gasteiger partial charge < -0.3 is 9.84 Å². The van der Waals surface area contributed by atoms with Gasteiger partial charge in [0.2, 0.25) is 0 Å². The van der Waals surface area contributed by atoms with Crippen molar-refractivity contribution in [1.29, 1.82) is 0 Å². The highest BCUT2D eigenvalue weighted by molar-refractivity contribution is 5.88. The average Bonchev–Trinajstić information content (AvgIpc) is 2.39. The van der Waals surface area contributed by atoms with Gasteiger partial charge in [-0.3, -0.25) is 0 Å². The van der Waals surface area contributed by atoms with Gasteiger partial charge in [0.25, 0.3) is 0 Å². The van der Waals surface area contributed by atoms with Crippen molar-refractivity contribution in [2.45, 2.75) is 20.0 Å². The van der Waals surface area contributed by atoms with E-state index < -0.39 is 5.97 Å². The van der Waals surface area contributed by atoms with Gasteiger partial charge in [-0.05, 0) is 31.4 Å². The average molecular weight is 256 g/mol. The summed E-state index contributed by atoms with van der Waals surface area (Å²) in [4.78, 5) is 10.8. The van der Waals surface area contributed by atoms with Crippen LogP contribution < -0.4 is 4.74 Å². The lowest BCUT2D eigenvalue weighted by Gasteiger charge is -2.13. The van der Waals surface area contributed by atoms with E-state index in [4.69, 9.17) is 9.84 Å². The second-order valence-corrected chi connectivity index (χ2v) is 4.46. The molecule has 0 spiro atoms. The molecular weight excluding hydrogens is 240 g/mol. The van der Waals surface area contributed by atoms with E-state index in [9.17, 15) is 4.79 Å². The standard InChI is InChI=1S/C16H16O3/c1-11(16(17)18)10-12(2)19-15-9-5-7-13-6-3-4-8-14(13)15/h3-10,12H,1-2H3,(H,17,18). The van der Waals surface area contributed by atoms with Gasteiger partial charge in [0.1, 0.15) is 11.9 Å². The lowest BCUT2D eigenvalue weighted by molar-refractivity contribution is -0.132. The van der Waals surface area contributed by atoms with Crippen LogP contribution in [0.25, 0.3) is 10.8 Å². The van der Waals surface area contributed by atoms with Crippen molar-refractivity contribution in [3.63, 3.8) is 0 Å². The maximum atomic E-state index is 10.8. The quantitative estimate of drug-likeness (QED) is 0.849. The SMILES string of the molecule is CC(=CC(C)Oc1cccc2ccccc12)C(=O)O. The monoisotopic (exact) mass is 256 g/mol. The molecule has 0 aliphatic carbocycles. The number of carboxylic acids is 1. The Bertz CT molecular complexity index is 623. The van der Waals surface area contributed by atoms with Crippen molar-refractivity contribution < 1.29 is 14.6 Å². The van der Waals surface area contributed by atoms with E-state index in [-0.39, 0.29) is 11.7 Å². The Kier molecular flexibility index (Phi) is 3.85. The van der Waals surface area contributed by atoms with Gasteiger partial charge in [-0.2, -0.15) is 0 Å². The van der Waals surface area contributed by atoms with Crippen LogP contribution in [0, 0.1) is 0 Å². The Morgan fingerprint density at radius 3 is 2.63 bits per heavy atom. The number of hydrogen-bond acceptors (Lipinski definition) is 2. The molecule has 1 N–H and O–H groups in total. The van der Waals surface area contributed by atoms with Crippen LogP contribution in [-0.2, 0) is 4.79 Å². The molecule has 3 heteroatoms. The van der Waals surface area contributed by atoms with Crippen molar-refractivity contribution in [3.8, 4) is 5.75 Å². The number of fused-ring (bicyclic) bond motifs is 1. The first-order chi connectivity index (χ1) is 9.08. The highest BCUT2D eigenvalue weighted by Crippen LogP contribution is 2.26. The molecular formula is C16H16O3. The van der Waals surface area contributed by atoms with Crippen molar-refractivity contribution in [1.82, 2.24) is 0 Å². The molecule has 2 aromatic carbocycles. The molecule has 98 valence electrons. The third-order valence-corrected chi connectivity index (χ3v) is 2.88. The predicted molar refractivity (Wildman–Crippen MR) is 75.4 cm³/mol. The molecule has 1 atom stereocenters. The van der Waals surface area contributed by atoms with Crippen LogP contribution in [0.15, 0.2) is 54.1 Å². The van der Waals surface area contributed by atoms with E-state index >= 15 is 0 Å². The molecule has 0 saturated heterocycles. The number of aliphatic carboxylic acids is 1. The number of carbonyl (C=O) groups is 1. The molecule has 2 aromatic rings. The summed E-state index contributed by atoms with van der Waals surface area (Å²) in [7, 11) is 0. The fourth-order valence-corrected chi connectivity index (χ4v) is 1.96. The number of ether oxygens (including phenoxy) is 1. The van der Waals surface area contributed by atoms with Gasteiger partial charge in [-0.1, -0.05) is 36.4 Å². The molecule has 0 aromatic heterocycles. The summed E-state index contributed by atoms with van der Waals surface area (Å²) in [5, 5.41) is 11.0. The summed E-state index contributed by atoms with van der Waals surface area (Å²) < 4.78 is 5.81. The fraction of sp³-hybridized carbons (Fsp3) is 0.188. The first kappa shape index (κ1) is 13.1. The lowest BCUT2D eigenvalue weighted by Crippen LogP contribution is -2.11. The lowest BCUT2D eigenvalue weighted by atomic mass is 10.1. The number of carboxylic acid groups (broad SMARTS) is 1. The third-order valence-electron chi connectivity index (χ3n) is 2.88. The Morgan fingerprint density at radius 2 is 1.89 bits per heavy atom. The van der Waals surface area contributed by atoms with Crippen molar-refractivity contribution >= 4 is 16.7 Å². The summed E-state index contributed by atoms with van der Waals surface area (Å²) in [5.41, 5.74) is 0.285. The van der Waals surface area contributed by atoms with Crippen LogP contribution >= 0.6 is 0 Å². The second kappa shape index (κ2) is 5.57. The maximum Gasteiger partial charge on any atom is 0.331 e. The number of benzene rings is 2. The van der Waals surface area contributed by atoms with Crippen LogP contribution in [-0.4, -0.2) is 17.2 Å². The van der Waals surface area contributed by atoms with E-state index in [1.54, 1.807) is 13.0 Å². The van der Waals surface area contributed by atoms with E-state index in [1.807, 2.05) is 49.4 Å². The molecule has 0 fully saturated rings. The summed E-state index contributed by atoms with van der Waals surface area (Å²) in [6.07, 6.45) is 1.31. The Balaban J connectivity index is 2.27. The summed E-state index contributed by atoms with van der Waals surface area (Å²) in [6, 6.07) is 13.8. The van der Waals surface area contributed by atoms with Gasteiger partial charge in [0.15, 0.2) is 0 Å². The Morgan fingerprint density at radius 1 is 1.21 bits per heavy atom. The minimum Gasteiger partial charge on any atom is -0.486 e. The molecule has 0 radical (unpaired) electrons. The fourth-order valence-electron chi connectivity index (χ4n) is 1.96. The van der Waals surface area contributed by atoms with Crippen LogP contribution in [0.2, 0.25) is 0 Å². The smallest absolute Gasteiger partial charge is 0.331 e.